The van der Waals surface area contributed by atoms with Crippen molar-refractivity contribution in [1.82, 2.24) is 10.3 Å². The summed E-state index contributed by atoms with van der Waals surface area (Å²) in [5.74, 6) is -0.314. The molecule has 1 N–H and O–H groups in total. The van der Waals surface area contributed by atoms with Gasteiger partial charge in [0, 0.05) is 12.2 Å². The Morgan fingerprint density at radius 2 is 2.18 bits per heavy atom. The van der Waals surface area contributed by atoms with E-state index in [1.165, 1.54) is 12.3 Å². The number of carbonyl (C=O) groups is 1. The second-order valence-corrected chi connectivity index (χ2v) is 5.64. The fourth-order valence-electron chi connectivity index (χ4n) is 2.42. The van der Waals surface area contributed by atoms with Crippen molar-refractivity contribution in [1.29, 1.82) is 0 Å². The minimum absolute atomic E-state index is 0.199. The van der Waals surface area contributed by atoms with Crippen molar-refractivity contribution in [3.05, 3.63) is 29.0 Å². The number of rotatable bonds is 4. The molecule has 2 rings (SSSR count). The predicted molar refractivity (Wildman–Crippen MR) is 74.8 cm³/mol. The molecule has 0 bridgehead atoms. The highest BCUT2D eigenvalue weighted by molar-refractivity contribution is 6.29. The van der Waals surface area contributed by atoms with Gasteiger partial charge >= 0.3 is 6.18 Å². The zero-order chi connectivity index (χ0) is 16.2. The lowest BCUT2D eigenvalue weighted by molar-refractivity contribution is -0.188. The molecule has 122 valence electrons. The molecule has 4 nitrogen and oxygen atoms in total. The Balaban J connectivity index is 1.84. The number of nitrogens with one attached hydrogen (secondary N) is 1. The number of amides is 1. The first-order valence-electron chi connectivity index (χ1n) is 6.94. The Morgan fingerprint density at radius 3 is 2.82 bits per heavy atom. The number of ether oxygens (including phenoxy) is 1. The normalized spacial score (nSPS) is 22.4. The second-order valence-electron chi connectivity index (χ2n) is 5.25. The third kappa shape index (κ3) is 5.46. The third-order valence-corrected chi connectivity index (χ3v) is 3.66. The molecule has 0 unspecified atom stereocenters. The molecule has 22 heavy (non-hydrogen) atoms. The Bertz CT molecular complexity index is 508. The SMILES string of the molecule is O=C(N[C@H]1CCC[C@H](OCC(F)(F)F)C1)c1ccc(Cl)nc1. The van der Waals surface area contributed by atoms with E-state index in [-0.39, 0.29) is 17.1 Å². The number of hydrogen-bond acceptors (Lipinski definition) is 3. The number of hydrogen-bond donors (Lipinski definition) is 1. The summed E-state index contributed by atoms with van der Waals surface area (Å²) in [7, 11) is 0. The van der Waals surface area contributed by atoms with Crippen molar-refractivity contribution in [2.45, 2.75) is 44.0 Å². The summed E-state index contributed by atoms with van der Waals surface area (Å²) in [6.45, 7) is -1.25. The molecular weight excluding hydrogens is 321 g/mol. The lowest BCUT2D eigenvalue weighted by atomic mass is 9.92. The van der Waals surface area contributed by atoms with Crippen molar-refractivity contribution in [2.75, 3.05) is 6.61 Å². The molecule has 0 spiro atoms. The summed E-state index contributed by atoms with van der Waals surface area (Å²) in [6, 6.07) is 2.85. The molecule has 0 aromatic carbocycles. The van der Waals surface area contributed by atoms with Crippen molar-refractivity contribution < 1.29 is 22.7 Å². The van der Waals surface area contributed by atoms with Gasteiger partial charge in [-0.25, -0.2) is 4.98 Å². The van der Waals surface area contributed by atoms with Gasteiger partial charge in [-0.15, -0.1) is 0 Å². The molecule has 0 radical (unpaired) electrons. The van der Waals surface area contributed by atoms with Gasteiger partial charge in [-0.2, -0.15) is 13.2 Å². The molecule has 1 amide bonds. The van der Waals surface area contributed by atoms with Crippen LogP contribution in [0.25, 0.3) is 0 Å². The van der Waals surface area contributed by atoms with Crippen LogP contribution < -0.4 is 5.32 Å². The molecular formula is C14H16ClF3N2O2. The molecule has 1 saturated carbocycles. The maximum Gasteiger partial charge on any atom is 0.411 e. The standard InChI is InChI=1S/C14H16ClF3N2O2/c15-12-5-4-9(7-19-12)13(21)20-10-2-1-3-11(6-10)22-8-14(16,17)18/h4-5,7,10-11H,1-3,6,8H2,(H,20,21)/t10-,11-/m0/s1. The van der Waals surface area contributed by atoms with Crippen LogP contribution in [0.1, 0.15) is 36.0 Å². The lowest BCUT2D eigenvalue weighted by Gasteiger charge is -2.30. The van der Waals surface area contributed by atoms with Gasteiger partial charge in [0.25, 0.3) is 5.91 Å². The Morgan fingerprint density at radius 1 is 1.41 bits per heavy atom. The summed E-state index contributed by atoms with van der Waals surface area (Å²) < 4.78 is 41.4. The van der Waals surface area contributed by atoms with Gasteiger partial charge in [0.2, 0.25) is 0 Å². The summed E-state index contributed by atoms with van der Waals surface area (Å²) in [5.41, 5.74) is 0.364. The second kappa shape index (κ2) is 7.28. The first-order chi connectivity index (χ1) is 10.3. The van der Waals surface area contributed by atoms with Gasteiger partial charge in [0.15, 0.2) is 0 Å². The smallest absolute Gasteiger partial charge is 0.369 e. The topological polar surface area (TPSA) is 51.2 Å². The highest BCUT2D eigenvalue weighted by atomic mass is 35.5. The number of aromatic nitrogens is 1. The molecule has 8 heteroatoms. The largest absolute Gasteiger partial charge is 0.411 e. The van der Waals surface area contributed by atoms with E-state index in [9.17, 15) is 18.0 Å². The molecule has 0 saturated heterocycles. The van der Waals surface area contributed by atoms with Gasteiger partial charge in [0.05, 0.1) is 11.7 Å². The zero-order valence-electron chi connectivity index (χ0n) is 11.7. The molecule has 1 fully saturated rings. The van der Waals surface area contributed by atoms with Crippen LogP contribution in [-0.4, -0.2) is 35.8 Å². The Hall–Kier alpha value is -1.34. The van der Waals surface area contributed by atoms with Gasteiger partial charge in [-0.3, -0.25) is 4.79 Å². The quantitative estimate of drug-likeness (QED) is 0.858. The summed E-state index contributed by atoms with van der Waals surface area (Å²) in [5, 5.41) is 3.09. The van der Waals surface area contributed by atoms with Crippen LogP contribution in [0.5, 0.6) is 0 Å². The molecule has 1 heterocycles. The highest BCUT2D eigenvalue weighted by Crippen LogP contribution is 2.24. The molecule has 2 atom stereocenters. The lowest BCUT2D eigenvalue weighted by Crippen LogP contribution is -2.41. The average molecular weight is 337 g/mol. The average Bonchev–Trinajstić information content (AvgIpc) is 2.45. The van der Waals surface area contributed by atoms with E-state index in [0.29, 0.717) is 24.8 Å². The van der Waals surface area contributed by atoms with E-state index >= 15 is 0 Å². The van der Waals surface area contributed by atoms with E-state index < -0.39 is 18.9 Å². The van der Waals surface area contributed by atoms with Crippen LogP contribution in [0.15, 0.2) is 18.3 Å². The van der Waals surface area contributed by atoms with Crippen LogP contribution in [-0.2, 0) is 4.74 Å². The first kappa shape index (κ1) is 17.0. The monoisotopic (exact) mass is 336 g/mol. The van der Waals surface area contributed by atoms with E-state index in [1.807, 2.05) is 0 Å². The highest BCUT2D eigenvalue weighted by Gasteiger charge is 2.31. The van der Waals surface area contributed by atoms with Crippen molar-refractivity contribution in [3.63, 3.8) is 0 Å². The predicted octanol–water partition coefficient (Wildman–Crippen LogP) is 3.35. The number of pyridine rings is 1. The van der Waals surface area contributed by atoms with E-state index in [0.717, 1.165) is 6.42 Å². The van der Waals surface area contributed by atoms with E-state index in [4.69, 9.17) is 16.3 Å². The minimum Gasteiger partial charge on any atom is -0.369 e. The fraction of sp³-hybridized carbons (Fsp3) is 0.571. The van der Waals surface area contributed by atoms with Crippen LogP contribution in [0, 0.1) is 0 Å². The maximum atomic E-state index is 12.2. The Kier molecular flexibility index (Phi) is 5.63. The first-order valence-corrected chi connectivity index (χ1v) is 7.32. The van der Waals surface area contributed by atoms with Crippen molar-refractivity contribution >= 4 is 17.5 Å². The van der Waals surface area contributed by atoms with Gasteiger partial charge in [-0.05, 0) is 37.8 Å². The van der Waals surface area contributed by atoms with E-state index in [2.05, 4.69) is 10.3 Å². The number of alkyl halides is 3. The third-order valence-electron chi connectivity index (χ3n) is 3.43. The minimum atomic E-state index is -4.33. The summed E-state index contributed by atoms with van der Waals surface area (Å²) >= 11 is 5.65. The molecule has 1 aliphatic carbocycles. The number of carbonyl (C=O) groups excluding carboxylic acids is 1. The Labute approximate surface area is 131 Å². The van der Waals surface area contributed by atoms with Gasteiger partial charge in [-0.1, -0.05) is 11.6 Å². The summed E-state index contributed by atoms with van der Waals surface area (Å²) in [6.07, 6.45) is -1.06. The molecule has 1 aliphatic rings. The fourth-order valence-corrected chi connectivity index (χ4v) is 2.53. The van der Waals surface area contributed by atoms with Crippen molar-refractivity contribution in [3.8, 4) is 0 Å². The van der Waals surface area contributed by atoms with Gasteiger partial charge in [0.1, 0.15) is 11.8 Å². The van der Waals surface area contributed by atoms with Crippen molar-refractivity contribution in [2.24, 2.45) is 0 Å². The van der Waals surface area contributed by atoms with E-state index in [1.54, 1.807) is 6.07 Å². The molecule has 1 aromatic heterocycles. The maximum absolute atomic E-state index is 12.2. The number of halogens is 4. The zero-order valence-corrected chi connectivity index (χ0v) is 12.5. The summed E-state index contributed by atoms with van der Waals surface area (Å²) in [4.78, 5) is 15.9. The van der Waals surface area contributed by atoms with Gasteiger partial charge < -0.3 is 10.1 Å². The van der Waals surface area contributed by atoms with Crippen LogP contribution in [0.2, 0.25) is 5.15 Å². The molecule has 0 aliphatic heterocycles. The van der Waals surface area contributed by atoms with Crippen LogP contribution >= 0.6 is 11.6 Å². The number of nitrogens with zero attached hydrogens (tertiary/aromatic N) is 1. The molecule has 1 aromatic rings. The van der Waals surface area contributed by atoms with Crippen LogP contribution in [0.3, 0.4) is 0 Å². The van der Waals surface area contributed by atoms with Crippen LogP contribution in [0.4, 0.5) is 13.2 Å².